The minimum atomic E-state index is -1.00. The summed E-state index contributed by atoms with van der Waals surface area (Å²) in [5.41, 5.74) is 5.05. The second-order valence-electron chi connectivity index (χ2n) is 6.73. The Labute approximate surface area is 167 Å². The van der Waals surface area contributed by atoms with E-state index in [1.807, 2.05) is 48.5 Å². The second-order valence-corrected chi connectivity index (χ2v) is 6.73. The molecule has 0 atom stereocenters. The molecule has 0 aliphatic heterocycles. The Morgan fingerprint density at radius 2 is 1.86 bits per heavy atom. The molecule has 29 heavy (non-hydrogen) atoms. The van der Waals surface area contributed by atoms with Crippen molar-refractivity contribution in [2.45, 2.75) is 26.3 Å². The normalized spacial score (nSPS) is 10.9. The summed E-state index contributed by atoms with van der Waals surface area (Å²) in [4.78, 5) is 11.3. The van der Waals surface area contributed by atoms with Gasteiger partial charge in [-0.3, -0.25) is 4.68 Å². The smallest absolute Gasteiger partial charge is 0.356 e. The molecule has 4 rings (SSSR count). The lowest BCUT2D eigenvalue weighted by atomic mass is 9.98. The fourth-order valence-electron chi connectivity index (χ4n) is 3.33. The van der Waals surface area contributed by atoms with Crippen LogP contribution >= 0.6 is 0 Å². The maximum absolute atomic E-state index is 11.3. The zero-order valence-corrected chi connectivity index (χ0v) is 15.9. The van der Waals surface area contributed by atoms with Gasteiger partial charge in [-0.1, -0.05) is 61.9 Å². The predicted octanol–water partition coefficient (Wildman–Crippen LogP) is 3.43. The van der Waals surface area contributed by atoms with Crippen molar-refractivity contribution in [1.29, 1.82) is 0 Å². The molecule has 0 amide bonds. The Kier molecular flexibility index (Phi) is 5.15. The van der Waals surface area contributed by atoms with Crippen molar-refractivity contribution >= 4 is 5.97 Å². The van der Waals surface area contributed by atoms with Gasteiger partial charge in [-0.2, -0.15) is 5.10 Å². The highest BCUT2D eigenvalue weighted by Gasteiger charge is 2.14. The van der Waals surface area contributed by atoms with Crippen LogP contribution in [0.5, 0.6) is 0 Å². The van der Waals surface area contributed by atoms with E-state index in [1.54, 1.807) is 10.7 Å². The maximum atomic E-state index is 11.3. The number of aromatic amines is 1. The number of aryl methyl sites for hydroxylation is 1. The molecular formula is C21H20N6O2. The van der Waals surface area contributed by atoms with Crippen LogP contribution in [0.4, 0.5) is 0 Å². The first-order chi connectivity index (χ1) is 14.2. The van der Waals surface area contributed by atoms with Gasteiger partial charge in [0.1, 0.15) is 0 Å². The first-order valence-electron chi connectivity index (χ1n) is 9.38. The van der Waals surface area contributed by atoms with Crippen LogP contribution in [0.3, 0.4) is 0 Å². The summed E-state index contributed by atoms with van der Waals surface area (Å²) in [6.07, 6.45) is 1.72. The average Bonchev–Trinajstić information content (AvgIpc) is 3.40. The molecule has 0 aliphatic rings. The van der Waals surface area contributed by atoms with E-state index in [0.717, 1.165) is 40.8 Å². The number of hydrogen-bond acceptors (Lipinski definition) is 5. The molecule has 0 bridgehead atoms. The maximum Gasteiger partial charge on any atom is 0.356 e. The monoisotopic (exact) mass is 388 g/mol. The first-order valence-corrected chi connectivity index (χ1v) is 9.38. The predicted molar refractivity (Wildman–Crippen MR) is 107 cm³/mol. The van der Waals surface area contributed by atoms with E-state index in [-0.39, 0.29) is 5.69 Å². The fraction of sp³-hybridized carbons (Fsp3) is 0.190. The van der Waals surface area contributed by atoms with Crippen LogP contribution in [0.25, 0.3) is 22.5 Å². The first kappa shape index (κ1) is 18.5. The number of carboxylic acids is 1. The number of nitrogens with zero attached hydrogens (tertiary/aromatic N) is 5. The number of benzene rings is 2. The number of H-pyrrole nitrogens is 1. The number of aromatic carboxylic acids is 1. The third-order valence-corrected chi connectivity index (χ3v) is 4.71. The summed E-state index contributed by atoms with van der Waals surface area (Å²) in [5.74, 6) is -0.387. The molecule has 0 saturated carbocycles. The number of nitrogens with one attached hydrogen (secondary N) is 1. The Bertz CT molecular complexity index is 1120. The lowest BCUT2D eigenvalue weighted by Crippen LogP contribution is -2.07. The van der Waals surface area contributed by atoms with Crippen molar-refractivity contribution in [2.24, 2.45) is 0 Å². The highest BCUT2D eigenvalue weighted by molar-refractivity contribution is 5.85. The Balaban J connectivity index is 1.61. The van der Waals surface area contributed by atoms with Crippen molar-refractivity contribution in [3.63, 3.8) is 0 Å². The number of hydrogen-bond donors (Lipinski definition) is 2. The van der Waals surface area contributed by atoms with Gasteiger partial charge in [0.25, 0.3) is 0 Å². The summed E-state index contributed by atoms with van der Waals surface area (Å²) >= 11 is 0. The molecule has 2 N–H and O–H groups in total. The van der Waals surface area contributed by atoms with Crippen molar-refractivity contribution in [1.82, 2.24) is 30.4 Å². The quantitative estimate of drug-likeness (QED) is 0.502. The molecule has 0 fully saturated rings. The molecule has 4 aromatic rings. The van der Waals surface area contributed by atoms with Crippen LogP contribution < -0.4 is 0 Å². The lowest BCUT2D eigenvalue weighted by molar-refractivity contribution is 0.0689. The molecule has 0 aliphatic carbocycles. The van der Waals surface area contributed by atoms with Crippen molar-refractivity contribution in [2.75, 3.05) is 0 Å². The van der Waals surface area contributed by atoms with Crippen LogP contribution in [-0.2, 0) is 13.0 Å². The summed E-state index contributed by atoms with van der Waals surface area (Å²) in [6, 6.07) is 17.7. The molecule has 2 heterocycles. The summed E-state index contributed by atoms with van der Waals surface area (Å²) in [7, 11) is 0. The summed E-state index contributed by atoms with van der Waals surface area (Å²) < 4.78 is 1.77. The summed E-state index contributed by atoms with van der Waals surface area (Å²) in [5, 5.41) is 27.6. The van der Waals surface area contributed by atoms with E-state index < -0.39 is 5.97 Å². The highest BCUT2D eigenvalue weighted by Crippen LogP contribution is 2.29. The number of carbonyl (C=O) groups is 1. The number of carboxylic acid groups (broad SMARTS) is 1. The second kappa shape index (κ2) is 8.05. The number of aromatic nitrogens is 6. The molecule has 0 unspecified atom stereocenters. The molecule has 8 heteroatoms. The van der Waals surface area contributed by atoms with Gasteiger partial charge in [0, 0.05) is 11.3 Å². The van der Waals surface area contributed by atoms with E-state index in [2.05, 4.69) is 32.6 Å². The molecular weight excluding hydrogens is 368 g/mol. The van der Waals surface area contributed by atoms with Gasteiger partial charge >= 0.3 is 5.97 Å². The van der Waals surface area contributed by atoms with Crippen LogP contribution in [-0.4, -0.2) is 41.5 Å². The van der Waals surface area contributed by atoms with Crippen LogP contribution in [0, 0.1) is 0 Å². The van der Waals surface area contributed by atoms with Crippen molar-refractivity contribution < 1.29 is 9.90 Å². The third kappa shape index (κ3) is 3.91. The molecule has 0 spiro atoms. The Hall–Kier alpha value is -3.81. The van der Waals surface area contributed by atoms with Gasteiger partial charge < -0.3 is 5.11 Å². The molecule has 0 radical (unpaired) electrons. The highest BCUT2D eigenvalue weighted by atomic mass is 16.4. The van der Waals surface area contributed by atoms with Crippen LogP contribution in [0.2, 0.25) is 0 Å². The number of rotatable bonds is 7. The summed E-state index contributed by atoms with van der Waals surface area (Å²) in [6.45, 7) is 2.59. The Morgan fingerprint density at radius 1 is 1.10 bits per heavy atom. The molecule has 2 aromatic heterocycles. The van der Waals surface area contributed by atoms with Crippen LogP contribution in [0.15, 0.2) is 54.6 Å². The van der Waals surface area contributed by atoms with Crippen LogP contribution in [0.1, 0.15) is 35.1 Å². The zero-order valence-electron chi connectivity index (χ0n) is 15.9. The molecule has 146 valence electrons. The van der Waals surface area contributed by atoms with E-state index in [4.69, 9.17) is 0 Å². The van der Waals surface area contributed by atoms with Gasteiger partial charge in [0.2, 0.25) is 0 Å². The average molecular weight is 388 g/mol. The third-order valence-electron chi connectivity index (χ3n) is 4.71. The van der Waals surface area contributed by atoms with Gasteiger partial charge in [-0.15, -0.1) is 5.10 Å². The fourth-order valence-corrected chi connectivity index (χ4v) is 3.33. The van der Waals surface area contributed by atoms with Gasteiger partial charge in [-0.25, -0.2) is 9.89 Å². The van der Waals surface area contributed by atoms with Crippen molar-refractivity contribution in [3.8, 4) is 22.5 Å². The molecule has 2 aromatic carbocycles. The Morgan fingerprint density at radius 3 is 2.52 bits per heavy atom. The molecule has 8 nitrogen and oxygen atoms in total. The van der Waals surface area contributed by atoms with Gasteiger partial charge in [0.05, 0.1) is 6.54 Å². The largest absolute Gasteiger partial charge is 0.476 e. The van der Waals surface area contributed by atoms with Crippen molar-refractivity contribution in [3.05, 3.63) is 71.5 Å². The van der Waals surface area contributed by atoms with Gasteiger partial charge in [0.15, 0.2) is 11.5 Å². The molecule has 0 saturated heterocycles. The van der Waals surface area contributed by atoms with E-state index in [1.165, 1.54) is 0 Å². The van der Waals surface area contributed by atoms with E-state index in [0.29, 0.717) is 12.4 Å². The van der Waals surface area contributed by atoms with E-state index in [9.17, 15) is 9.90 Å². The van der Waals surface area contributed by atoms with Gasteiger partial charge in [-0.05, 0) is 39.6 Å². The zero-order chi connectivity index (χ0) is 20.2. The minimum Gasteiger partial charge on any atom is -0.476 e. The lowest BCUT2D eigenvalue weighted by Gasteiger charge is -2.10. The topological polar surface area (TPSA) is 110 Å². The number of tetrazole rings is 1. The minimum absolute atomic E-state index is 0.0830. The standard InChI is InChI=1S/C21H20N6O2/c1-2-5-16-12-19(21(28)29)24-27(16)13-14-8-10-15(11-9-14)17-6-3-4-7-18(17)20-22-25-26-23-20/h3-4,6-12H,2,5,13H2,1H3,(H,28,29)(H,22,23,25,26). The van der Waals surface area contributed by atoms with E-state index >= 15 is 0 Å². The SMILES string of the molecule is CCCc1cc(C(=O)O)nn1Cc1ccc(-c2ccccc2-c2nnn[nH]2)cc1.